The van der Waals surface area contributed by atoms with Crippen LogP contribution in [0.5, 0.6) is 0 Å². The van der Waals surface area contributed by atoms with E-state index in [1.807, 2.05) is 0 Å². The fraction of sp³-hybridized carbons (Fsp3) is 0.923. The van der Waals surface area contributed by atoms with Gasteiger partial charge in [0, 0.05) is 0 Å². The Labute approximate surface area is 119 Å². The molecule has 0 rings (SSSR count). The van der Waals surface area contributed by atoms with Gasteiger partial charge in [0.25, 0.3) is 6.10 Å². The van der Waals surface area contributed by atoms with Gasteiger partial charge in [-0.05, 0) is 18.3 Å². The summed E-state index contributed by atoms with van der Waals surface area (Å²) >= 11 is 0. The van der Waals surface area contributed by atoms with Crippen LogP contribution < -0.4 is 0 Å². The molecular formula is C13H20F6O2. The summed E-state index contributed by atoms with van der Waals surface area (Å²) < 4.78 is 78.6. The predicted molar refractivity (Wildman–Crippen MR) is 64.4 cm³/mol. The molecule has 0 aromatic heterocycles. The Morgan fingerprint density at radius 1 is 0.857 bits per heavy atom. The number of carbonyl (C=O) groups excluding carboxylic acids is 1. The number of esters is 1. The summed E-state index contributed by atoms with van der Waals surface area (Å²) in [6.45, 7) is 9.08. The maximum Gasteiger partial charge on any atom is 0.434 e. The first kappa shape index (κ1) is 20.1. The van der Waals surface area contributed by atoms with Crippen molar-refractivity contribution in [2.75, 3.05) is 0 Å². The maximum absolute atomic E-state index is 12.5. The highest BCUT2D eigenvalue weighted by molar-refractivity contribution is 5.78. The van der Waals surface area contributed by atoms with Crippen LogP contribution in [0, 0.1) is 16.7 Å². The van der Waals surface area contributed by atoms with E-state index in [0.717, 1.165) is 0 Å². The van der Waals surface area contributed by atoms with Crippen molar-refractivity contribution >= 4 is 5.97 Å². The van der Waals surface area contributed by atoms with Crippen LogP contribution in [-0.2, 0) is 9.53 Å². The molecule has 0 aliphatic rings. The molecule has 2 nitrogen and oxygen atoms in total. The molecule has 0 aromatic carbocycles. The summed E-state index contributed by atoms with van der Waals surface area (Å²) in [4.78, 5) is 12.0. The van der Waals surface area contributed by atoms with Gasteiger partial charge < -0.3 is 4.74 Å². The zero-order valence-corrected chi connectivity index (χ0v) is 12.7. The lowest BCUT2D eigenvalue weighted by Gasteiger charge is -2.43. The number of hydrogen-bond acceptors (Lipinski definition) is 2. The van der Waals surface area contributed by atoms with Crippen molar-refractivity contribution in [2.45, 2.75) is 60.0 Å². The Balaban J connectivity index is 5.61. The average Bonchev–Trinajstić information content (AvgIpc) is 2.18. The fourth-order valence-electron chi connectivity index (χ4n) is 1.96. The third-order valence-electron chi connectivity index (χ3n) is 3.96. The van der Waals surface area contributed by atoms with Crippen LogP contribution in [0.25, 0.3) is 0 Å². The summed E-state index contributed by atoms with van der Waals surface area (Å²) in [5, 5.41) is 0. The topological polar surface area (TPSA) is 26.3 Å². The molecule has 0 bridgehead atoms. The van der Waals surface area contributed by atoms with Crippen LogP contribution in [0.2, 0.25) is 0 Å². The largest absolute Gasteiger partial charge is 0.442 e. The molecule has 1 atom stereocenters. The van der Waals surface area contributed by atoms with Crippen LogP contribution in [0.1, 0.15) is 41.5 Å². The Kier molecular flexibility index (Phi) is 5.43. The van der Waals surface area contributed by atoms with Crippen molar-refractivity contribution in [2.24, 2.45) is 16.7 Å². The number of carbonyl (C=O) groups is 1. The number of alkyl halides is 6. The second kappa shape index (κ2) is 5.68. The van der Waals surface area contributed by atoms with Crippen LogP contribution in [0.3, 0.4) is 0 Å². The molecule has 8 heteroatoms. The number of halogens is 6. The maximum atomic E-state index is 12.5. The molecule has 0 radical (unpaired) electrons. The van der Waals surface area contributed by atoms with Crippen LogP contribution in [0.15, 0.2) is 0 Å². The molecular weight excluding hydrogens is 302 g/mol. The van der Waals surface area contributed by atoms with Crippen molar-refractivity contribution in [3.05, 3.63) is 0 Å². The quantitative estimate of drug-likeness (QED) is 0.554. The first-order valence-electron chi connectivity index (χ1n) is 6.30. The Bertz CT molecular complexity index is 364. The monoisotopic (exact) mass is 322 g/mol. The fourth-order valence-corrected chi connectivity index (χ4v) is 1.96. The molecule has 21 heavy (non-hydrogen) atoms. The highest BCUT2D eigenvalue weighted by Gasteiger charge is 2.61. The van der Waals surface area contributed by atoms with E-state index in [1.165, 1.54) is 6.92 Å². The standard InChI is InChI=1S/C13H20F6O2/c1-7(2)11(6,10(3,4)5)9(20)21-8(12(14,15)16)13(17,18)19/h7-8H,1-6H3. The van der Waals surface area contributed by atoms with Gasteiger partial charge in [0.1, 0.15) is 0 Å². The van der Waals surface area contributed by atoms with E-state index in [-0.39, 0.29) is 0 Å². The van der Waals surface area contributed by atoms with E-state index >= 15 is 0 Å². The van der Waals surface area contributed by atoms with Crippen molar-refractivity contribution in [1.29, 1.82) is 0 Å². The zero-order valence-electron chi connectivity index (χ0n) is 12.7. The number of rotatable bonds is 3. The van der Waals surface area contributed by atoms with Gasteiger partial charge in [-0.15, -0.1) is 0 Å². The van der Waals surface area contributed by atoms with Gasteiger partial charge >= 0.3 is 18.3 Å². The van der Waals surface area contributed by atoms with Crippen molar-refractivity contribution in [1.82, 2.24) is 0 Å². The SMILES string of the molecule is CC(C)C(C)(C(=O)OC(C(F)(F)F)C(F)(F)F)C(C)(C)C. The summed E-state index contributed by atoms with van der Waals surface area (Å²) in [7, 11) is 0. The minimum Gasteiger partial charge on any atom is -0.442 e. The van der Waals surface area contributed by atoms with Crippen molar-refractivity contribution < 1.29 is 35.9 Å². The van der Waals surface area contributed by atoms with E-state index in [0.29, 0.717) is 0 Å². The zero-order chi connectivity index (χ0) is 17.4. The third kappa shape index (κ3) is 4.26. The van der Waals surface area contributed by atoms with E-state index in [9.17, 15) is 31.1 Å². The molecule has 0 aliphatic heterocycles. The van der Waals surface area contributed by atoms with Gasteiger partial charge in [0.05, 0.1) is 5.41 Å². The van der Waals surface area contributed by atoms with Gasteiger partial charge in [0.15, 0.2) is 0 Å². The van der Waals surface area contributed by atoms with Crippen LogP contribution in [-0.4, -0.2) is 24.4 Å². The molecule has 0 saturated carbocycles. The van der Waals surface area contributed by atoms with Crippen molar-refractivity contribution in [3.63, 3.8) is 0 Å². The molecule has 126 valence electrons. The van der Waals surface area contributed by atoms with Crippen LogP contribution in [0.4, 0.5) is 26.3 Å². The lowest BCUT2D eigenvalue weighted by molar-refractivity contribution is -0.317. The second-order valence-electron chi connectivity index (χ2n) is 6.48. The lowest BCUT2D eigenvalue weighted by atomic mass is 9.62. The summed E-state index contributed by atoms with van der Waals surface area (Å²) in [5.41, 5.74) is -2.37. The molecule has 0 aromatic rings. The summed E-state index contributed by atoms with van der Waals surface area (Å²) in [6.07, 6.45) is -15.5. The van der Waals surface area contributed by atoms with E-state index in [2.05, 4.69) is 4.74 Å². The first-order chi connectivity index (χ1) is 8.95. The first-order valence-corrected chi connectivity index (χ1v) is 6.30. The average molecular weight is 322 g/mol. The predicted octanol–water partition coefficient (Wildman–Crippen LogP) is 4.73. The highest BCUT2D eigenvalue weighted by Crippen LogP contribution is 2.47. The highest BCUT2D eigenvalue weighted by atomic mass is 19.4. The Morgan fingerprint density at radius 3 is 1.38 bits per heavy atom. The smallest absolute Gasteiger partial charge is 0.434 e. The van der Waals surface area contributed by atoms with Gasteiger partial charge in [-0.25, -0.2) is 0 Å². The van der Waals surface area contributed by atoms with E-state index in [4.69, 9.17) is 0 Å². The molecule has 0 amide bonds. The molecule has 0 aliphatic carbocycles. The summed E-state index contributed by atoms with van der Waals surface area (Å²) in [5.74, 6) is -2.02. The minimum atomic E-state index is -5.70. The number of hydrogen-bond donors (Lipinski definition) is 0. The number of ether oxygens (including phenoxy) is 1. The van der Waals surface area contributed by atoms with Crippen LogP contribution >= 0.6 is 0 Å². The van der Waals surface area contributed by atoms with Gasteiger partial charge in [-0.2, -0.15) is 26.3 Å². The van der Waals surface area contributed by atoms with Crippen molar-refractivity contribution in [3.8, 4) is 0 Å². The lowest BCUT2D eigenvalue weighted by Crippen LogP contribution is -2.52. The molecule has 0 spiro atoms. The Hall–Kier alpha value is -0.950. The molecule has 0 heterocycles. The second-order valence-corrected chi connectivity index (χ2v) is 6.48. The normalized spacial score (nSPS) is 17.0. The third-order valence-corrected chi connectivity index (χ3v) is 3.96. The summed E-state index contributed by atoms with van der Waals surface area (Å²) in [6, 6.07) is 0. The van der Waals surface area contributed by atoms with Gasteiger partial charge in [-0.3, -0.25) is 4.79 Å². The molecule has 0 saturated heterocycles. The molecule has 0 fully saturated rings. The Morgan fingerprint density at radius 2 is 1.19 bits per heavy atom. The van der Waals surface area contributed by atoms with E-state index in [1.54, 1.807) is 34.6 Å². The van der Waals surface area contributed by atoms with Gasteiger partial charge in [-0.1, -0.05) is 34.6 Å². The molecule has 1 unspecified atom stereocenters. The van der Waals surface area contributed by atoms with E-state index < -0.39 is 41.2 Å². The minimum absolute atomic E-state index is 0.507. The molecule has 0 N–H and O–H groups in total. The van der Waals surface area contributed by atoms with Gasteiger partial charge in [0.2, 0.25) is 0 Å².